The Kier molecular flexibility index (Phi) is 3.45. The molecule has 9 heteroatoms. The van der Waals surface area contributed by atoms with Gasteiger partial charge in [-0.25, -0.2) is 27.3 Å². The molecule has 5 nitrogen and oxygen atoms in total. The van der Waals surface area contributed by atoms with Gasteiger partial charge in [0.1, 0.15) is 11.4 Å². The number of hydrogen-bond donors (Lipinski definition) is 2. The van der Waals surface area contributed by atoms with Crippen LogP contribution < -0.4 is 5.14 Å². The van der Waals surface area contributed by atoms with Crippen LogP contribution in [-0.4, -0.2) is 18.5 Å². The van der Waals surface area contributed by atoms with Crippen LogP contribution in [0.25, 0.3) is 0 Å². The Morgan fingerprint density at radius 2 is 2.07 bits per heavy atom. The summed E-state index contributed by atoms with van der Waals surface area (Å²) >= 11 is 1.52. The molecular formula is C6H5F2IN2O3S. The number of pyridine rings is 1. The molecular weight excluding hydrogens is 345 g/mol. The molecule has 15 heavy (non-hydrogen) atoms. The number of sulfonamides is 1. The number of hydrogen-bond acceptors (Lipinski definition) is 4. The molecule has 0 aliphatic carbocycles. The van der Waals surface area contributed by atoms with Crippen LogP contribution in [-0.2, 0) is 10.0 Å². The molecule has 0 unspecified atom stereocenters. The number of alkyl halides is 2. The van der Waals surface area contributed by atoms with E-state index in [1.54, 1.807) is 0 Å². The van der Waals surface area contributed by atoms with E-state index in [-0.39, 0.29) is 3.57 Å². The van der Waals surface area contributed by atoms with Crippen molar-refractivity contribution in [2.24, 2.45) is 5.14 Å². The van der Waals surface area contributed by atoms with Crippen molar-refractivity contribution in [1.29, 1.82) is 0 Å². The molecule has 84 valence electrons. The van der Waals surface area contributed by atoms with Gasteiger partial charge in [-0.2, -0.15) is 0 Å². The Bertz CT molecular complexity index is 491. The highest BCUT2D eigenvalue weighted by Crippen LogP contribution is 2.29. The van der Waals surface area contributed by atoms with Crippen molar-refractivity contribution in [3.63, 3.8) is 0 Å². The van der Waals surface area contributed by atoms with Gasteiger partial charge in [-0.05, 0) is 28.7 Å². The van der Waals surface area contributed by atoms with Crippen LogP contribution in [0.4, 0.5) is 8.78 Å². The number of aromatic hydroxyl groups is 1. The molecule has 0 radical (unpaired) electrons. The average molecular weight is 350 g/mol. The fourth-order valence-corrected chi connectivity index (χ4v) is 2.73. The number of halogens is 3. The molecule has 0 atom stereocenters. The van der Waals surface area contributed by atoms with E-state index in [0.29, 0.717) is 0 Å². The molecule has 0 aliphatic rings. The summed E-state index contributed by atoms with van der Waals surface area (Å²) in [6.07, 6.45) is -3.07. The van der Waals surface area contributed by atoms with E-state index in [1.165, 1.54) is 22.6 Å². The molecule has 1 aromatic heterocycles. The maximum absolute atomic E-state index is 12.3. The minimum atomic E-state index is -4.17. The van der Waals surface area contributed by atoms with E-state index in [1.807, 2.05) is 0 Å². The second-order valence-corrected chi connectivity index (χ2v) is 5.16. The Morgan fingerprint density at radius 3 is 2.47 bits per heavy atom. The van der Waals surface area contributed by atoms with E-state index in [2.05, 4.69) is 4.98 Å². The highest BCUT2D eigenvalue weighted by atomic mass is 127. The van der Waals surface area contributed by atoms with Gasteiger partial charge in [0.25, 0.3) is 16.4 Å². The lowest BCUT2D eigenvalue weighted by atomic mass is 10.3. The van der Waals surface area contributed by atoms with Crippen LogP contribution in [0, 0.1) is 3.57 Å². The first-order chi connectivity index (χ1) is 6.73. The highest BCUT2D eigenvalue weighted by molar-refractivity contribution is 14.1. The quantitative estimate of drug-likeness (QED) is 0.778. The largest absolute Gasteiger partial charge is 0.506 e. The summed E-state index contributed by atoms with van der Waals surface area (Å²) in [5.41, 5.74) is -1.00. The summed E-state index contributed by atoms with van der Waals surface area (Å²) < 4.78 is 46.4. The van der Waals surface area contributed by atoms with E-state index in [0.717, 1.165) is 6.07 Å². The smallest absolute Gasteiger partial charge is 0.284 e. The second-order valence-electron chi connectivity index (χ2n) is 2.53. The number of primary sulfonamides is 1. The second kappa shape index (κ2) is 4.14. The number of nitrogens with zero attached hydrogens (tertiary/aromatic N) is 1. The first-order valence-electron chi connectivity index (χ1n) is 3.44. The van der Waals surface area contributed by atoms with Gasteiger partial charge >= 0.3 is 0 Å². The predicted octanol–water partition coefficient (Wildman–Crippen LogP) is 0.977. The SMILES string of the molecule is NS(=O)(=O)c1nc(C(F)F)c(O)cc1I. The van der Waals surface area contributed by atoms with Crippen molar-refractivity contribution in [2.75, 3.05) is 0 Å². The first kappa shape index (κ1) is 12.5. The van der Waals surface area contributed by atoms with Gasteiger partial charge in [0.15, 0.2) is 5.03 Å². The van der Waals surface area contributed by atoms with E-state index in [4.69, 9.17) is 10.2 Å². The van der Waals surface area contributed by atoms with Crippen LogP contribution in [0.5, 0.6) is 5.75 Å². The molecule has 0 amide bonds. The van der Waals surface area contributed by atoms with Gasteiger partial charge in [0.2, 0.25) is 0 Å². The van der Waals surface area contributed by atoms with Crippen LogP contribution in [0.3, 0.4) is 0 Å². The van der Waals surface area contributed by atoms with Crippen molar-refractivity contribution >= 4 is 32.6 Å². The molecule has 0 fully saturated rings. The van der Waals surface area contributed by atoms with Gasteiger partial charge in [-0.3, -0.25) is 0 Å². The maximum Gasteiger partial charge on any atom is 0.284 e. The zero-order valence-electron chi connectivity index (χ0n) is 6.99. The normalized spacial score (nSPS) is 12.1. The molecule has 1 aromatic rings. The van der Waals surface area contributed by atoms with Crippen molar-refractivity contribution in [1.82, 2.24) is 4.98 Å². The standard InChI is InChI=1S/C6H5F2IN2O3S/c7-5(8)4-3(12)1-2(9)6(11-4)15(10,13)14/h1,5,12H,(H2,10,13,14). The number of rotatable bonds is 2. The molecule has 0 saturated carbocycles. The summed E-state index contributed by atoms with van der Waals surface area (Å²) in [4.78, 5) is 3.12. The van der Waals surface area contributed by atoms with Crippen molar-refractivity contribution in [2.45, 2.75) is 11.5 Å². The molecule has 3 N–H and O–H groups in total. The first-order valence-corrected chi connectivity index (χ1v) is 6.06. The molecule has 0 aromatic carbocycles. The van der Waals surface area contributed by atoms with Gasteiger partial charge in [0, 0.05) is 0 Å². The molecule has 1 heterocycles. The fraction of sp³-hybridized carbons (Fsp3) is 0.167. The van der Waals surface area contributed by atoms with Gasteiger partial charge < -0.3 is 5.11 Å². The van der Waals surface area contributed by atoms with Gasteiger partial charge in [-0.1, -0.05) is 0 Å². The molecule has 0 saturated heterocycles. The summed E-state index contributed by atoms with van der Waals surface area (Å²) in [5.74, 6) is -0.762. The van der Waals surface area contributed by atoms with Crippen molar-refractivity contribution in [3.05, 3.63) is 15.3 Å². The third kappa shape index (κ3) is 2.72. The Morgan fingerprint density at radius 1 is 1.53 bits per heavy atom. The number of nitrogens with two attached hydrogens (primary N) is 1. The zero-order valence-corrected chi connectivity index (χ0v) is 9.96. The monoisotopic (exact) mass is 350 g/mol. The van der Waals surface area contributed by atoms with E-state index < -0.39 is 32.9 Å². The summed E-state index contributed by atoms with van der Waals surface area (Å²) in [7, 11) is -4.17. The Hall–Kier alpha value is -0.550. The van der Waals surface area contributed by atoms with Crippen molar-refractivity contribution < 1.29 is 22.3 Å². The van der Waals surface area contributed by atoms with Gasteiger partial charge in [0.05, 0.1) is 3.57 Å². The van der Waals surface area contributed by atoms with E-state index >= 15 is 0 Å². The molecule has 0 aliphatic heterocycles. The highest BCUT2D eigenvalue weighted by Gasteiger charge is 2.22. The minimum absolute atomic E-state index is 0.0167. The predicted molar refractivity (Wildman–Crippen MR) is 54.9 cm³/mol. The summed E-state index contributed by atoms with van der Waals surface area (Å²) in [6, 6.07) is 0.870. The van der Waals surface area contributed by atoms with Gasteiger partial charge in [-0.15, -0.1) is 0 Å². The Balaban J connectivity index is 3.50. The molecule has 0 bridgehead atoms. The van der Waals surface area contributed by atoms with Crippen molar-refractivity contribution in [3.8, 4) is 5.75 Å². The average Bonchev–Trinajstić information content (AvgIpc) is 2.00. The minimum Gasteiger partial charge on any atom is -0.506 e. The lowest BCUT2D eigenvalue weighted by molar-refractivity contribution is 0.141. The molecule has 0 spiro atoms. The molecule has 1 rings (SSSR count). The van der Waals surface area contributed by atoms with Crippen LogP contribution in [0.2, 0.25) is 0 Å². The third-order valence-electron chi connectivity index (χ3n) is 1.43. The topological polar surface area (TPSA) is 93.3 Å². The Labute approximate surface area is 97.5 Å². The third-order valence-corrected chi connectivity index (χ3v) is 3.47. The van der Waals surface area contributed by atoms with Crippen LogP contribution >= 0.6 is 22.6 Å². The lowest BCUT2D eigenvalue weighted by Gasteiger charge is -2.06. The number of aromatic nitrogens is 1. The van der Waals surface area contributed by atoms with Crippen LogP contribution in [0.1, 0.15) is 12.1 Å². The maximum atomic E-state index is 12.3. The summed E-state index contributed by atoms with van der Waals surface area (Å²) in [6.45, 7) is 0. The zero-order chi connectivity index (χ0) is 11.8. The van der Waals surface area contributed by atoms with Crippen LogP contribution in [0.15, 0.2) is 11.1 Å². The summed E-state index contributed by atoms with van der Waals surface area (Å²) in [5, 5.41) is 13.2. The lowest BCUT2D eigenvalue weighted by Crippen LogP contribution is -2.16. The fourth-order valence-electron chi connectivity index (χ4n) is 0.836. The van der Waals surface area contributed by atoms with E-state index in [9.17, 15) is 17.2 Å².